The number of benzene rings is 1. The molecule has 1 aromatic carbocycles. The number of carboxylic acids is 1. The average molecular weight is 273 g/mol. The summed E-state index contributed by atoms with van der Waals surface area (Å²) in [5, 5.41) is 9.56. The molecule has 1 saturated carbocycles. The summed E-state index contributed by atoms with van der Waals surface area (Å²) in [6.45, 7) is 1.91. The summed E-state index contributed by atoms with van der Waals surface area (Å²) in [6.07, 6.45) is 7.90. The number of likely N-dealkylation sites (tertiary alicyclic amines) is 1. The Morgan fingerprint density at radius 2 is 1.65 bits per heavy atom. The van der Waals surface area contributed by atoms with Gasteiger partial charge in [0.2, 0.25) is 0 Å². The molecule has 2 fully saturated rings. The van der Waals surface area contributed by atoms with E-state index in [2.05, 4.69) is 4.90 Å². The molecule has 2 aliphatic rings. The van der Waals surface area contributed by atoms with Gasteiger partial charge in [0, 0.05) is 13.1 Å². The van der Waals surface area contributed by atoms with Crippen molar-refractivity contribution in [3.05, 3.63) is 35.9 Å². The van der Waals surface area contributed by atoms with Crippen LogP contribution in [-0.4, -0.2) is 29.1 Å². The zero-order valence-corrected chi connectivity index (χ0v) is 11.9. The van der Waals surface area contributed by atoms with Crippen molar-refractivity contribution in [2.24, 2.45) is 5.41 Å². The predicted octanol–water partition coefficient (Wildman–Crippen LogP) is 3.47. The van der Waals surface area contributed by atoms with E-state index in [0.717, 1.165) is 18.7 Å². The molecular weight excluding hydrogens is 250 g/mol. The molecule has 0 bridgehead atoms. The number of rotatable bonds is 3. The molecule has 108 valence electrons. The van der Waals surface area contributed by atoms with Gasteiger partial charge < -0.3 is 5.11 Å². The minimum absolute atomic E-state index is 0.416. The Balaban J connectivity index is 1.71. The van der Waals surface area contributed by atoms with E-state index in [9.17, 15) is 9.90 Å². The maximum Gasteiger partial charge on any atom is 0.325 e. The summed E-state index contributed by atoms with van der Waals surface area (Å²) in [7, 11) is 0. The van der Waals surface area contributed by atoms with Crippen molar-refractivity contribution < 1.29 is 9.90 Å². The van der Waals surface area contributed by atoms with Crippen LogP contribution in [0.25, 0.3) is 0 Å². The Labute approximate surface area is 120 Å². The molecule has 1 aliphatic carbocycles. The van der Waals surface area contributed by atoms with E-state index in [1.807, 2.05) is 30.3 Å². The Kier molecular flexibility index (Phi) is 3.79. The molecule has 0 radical (unpaired) electrons. The van der Waals surface area contributed by atoms with Crippen LogP contribution >= 0.6 is 0 Å². The molecule has 1 aliphatic heterocycles. The van der Waals surface area contributed by atoms with E-state index in [0.29, 0.717) is 5.41 Å². The lowest BCUT2D eigenvalue weighted by Gasteiger charge is -2.52. The maximum absolute atomic E-state index is 11.6. The number of hydrogen-bond acceptors (Lipinski definition) is 2. The molecule has 1 N–H and O–H groups in total. The van der Waals surface area contributed by atoms with Gasteiger partial charge in [0.15, 0.2) is 0 Å². The molecule has 3 nitrogen and oxygen atoms in total. The van der Waals surface area contributed by atoms with Crippen LogP contribution in [0, 0.1) is 5.41 Å². The number of carbonyl (C=O) groups is 1. The third-order valence-corrected chi connectivity index (χ3v) is 4.96. The molecule has 1 heterocycles. The molecule has 1 aromatic rings. The summed E-state index contributed by atoms with van der Waals surface area (Å²) in [4.78, 5) is 13.8. The minimum Gasteiger partial charge on any atom is -0.480 e. The first-order chi connectivity index (χ1) is 9.70. The third-order valence-electron chi connectivity index (χ3n) is 4.96. The normalized spacial score (nSPS) is 23.8. The standard InChI is InChI=1S/C17H23NO2/c19-16(20)15(14-8-4-3-5-9-14)18-12-17(13-18)10-6-1-2-7-11-17/h3-5,8-9,15H,1-2,6-7,10-13H2,(H,19,20). The van der Waals surface area contributed by atoms with E-state index in [1.165, 1.54) is 38.5 Å². The Morgan fingerprint density at radius 3 is 2.20 bits per heavy atom. The highest BCUT2D eigenvalue weighted by Crippen LogP contribution is 2.45. The summed E-state index contributed by atoms with van der Waals surface area (Å²) in [5.41, 5.74) is 1.32. The van der Waals surface area contributed by atoms with Crippen LogP contribution in [0.15, 0.2) is 30.3 Å². The highest BCUT2D eigenvalue weighted by Gasteiger charge is 2.47. The Hall–Kier alpha value is -1.35. The van der Waals surface area contributed by atoms with E-state index in [4.69, 9.17) is 0 Å². The van der Waals surface area contributed by atoms with E-state index < -0.39 is 12.0 Å². The van der Waals surface area contributed by atoms with E-state index in [1.54, 1.807) is 0 Å². The molecule has 3 heteroatoms. The first-order valence-electron chi connectivity index (χ1n) is 7.72. The summed E-state index contributed by atoms with van der Waals surface area (Å²) in [6, 6.07) is 9.17. The fraction of sp³-hybridized carbons (Fsp3) is 0.588. The van der Waals surface area contributed by atoms with Crippen LogP contribution in [0.1, 0.15) is 50.1 Å². The molecule has 1 atom stereocenters. The van der Waals surface area contributed by atoms with Crippen molar-refractivity contribution in [2.45, 2.75) is 44.6 Å². The second kappa shape index (κ2) is 5.57. The second-order valence-electron chi connectivity index (χ2n) is 6.47. The molecule has 1 saturated heterocycles. The van der Waals surface area contributed by atoms with Crippen molar-refractivity contribution in [3.8, 4) is 0 Å². The zero-order chi connectivity index (χ0) is 14.0. The topological polar surface area (TPSA) is 40.5 Å². The molecule has 0 amide bonds. The van der Waals surface area contributed by atoms with Crippen molar-refractivity contribution in [2.75, 3.05) is 13.1 Å². The first kappa shape index (κ1) is 13.6. The Bertz CT molecular complexity index is 455. The predicted molar refractivity (Wildman–Crippen MR) is 78.5 cm³/mol. The van der Waals surface area contributed by atoms with Gasteiger partial charge in [0.1, 0.15) is 6.04 Å². The van der Waals surface area contributed by atoms with Gasteiger partial charge in [-0.2, -0.15) is 0 Å². The van der Waals surface area contributed by atoms with Crippen LogP contribution in [0.3, 0.4) is 0 Å². The van der Waals surface area contributed by atoms with Crippen LogP contribution < -0.4 is 0 Å². The van der Waals surface area contributed by atoms with E-state index in [-0.39, 0.29) is 0 Å². The number of aliphatic carboxylic acids is 1. The number of hydrogen-bond donors (Lipinski definition) is 1. The molecule has 1 spiro atoms. The van der Waals surface area contributed by atoms with Gasteiger partial charge in [0.05, 0.1) is 0 Å². The second-order valence-corrected chi connectivity index (χ2v) is 6.47. The Morgan fingerprint density at radius 1 is 1.05 bits per heavy atom. The molecule has 3 rings (SSSR count). The largest absolute Gasteiger partial charge is 0.480 e. The smallest absolute Gasteiger partial charge is 0.325 e. The first-order valence-corrected chi connectivity index (χ1v) is 7.72. The van der Waals surface area contributed by atoms with Crippen LogP contribution in [0.2, 0.25) is 0 Å². The van der Waals surface area contributed by atoms with Gasteiger partial charge in [-0.25, -0.2) is 0 Å². The summed E-state index contributed by atoms with van der Waals surface area (Å²) in [5.74, 6) is -0.723. The van der Waals surface area contributed by atoms with Crippen molar-refractivity contribution >= 4 is 5.97 Å². The molecule has 1 unspecified atom stereocenters. The van der Waals surface area contributed by atoms with Crippen molar-refractivity contribution in [1.82, 2.24) is 4.90 Å². The van der Waals surface area contributed by atoms with Gasteiger partial charge in [-0.3, -0.25) is 9.69 Å². The third kappa shape index (κ3) is 2.59. The number of nitrogens with zero attached hydrogens (tertiary/aromatic N) is 1. The monoisotopic (exact) mass is 273 g/mol. The molecular formula is C17H23NO2. The fourth-order valence-corrected chi connectivity index (χ4v) is 3.94. The summed E-state index contributed by atoms with van der Waals surface area (Å²) >= 11 is 0. The minimum atomic E-state index is -0.723. The van der Waals surface area contributed by atoms with Gasteiger partial charge in [0.25, 0.3) is 0 Å². The fourth-order valence-electron chi connectivity index (χ4n) is 3.94. The van der Waals surface area contributed by atoms with Gasteiger partial charge in [-0.05, 0) is 23.8 Å². The summed E-state index contributed by atoms with van der Waals surface area (Å²) < 4.78 is 0. The van der Waals surface area contributed by atoms with Gasteiger partial charge in [-0.15, -0.1) is 0 Å². The molecule has 0 aromatic heterocycles. The van der Waals surface area contributed by atoms with Crippen LogP contribution in [-0.2, 0) is 4.79 Å². The SMILES string of the molecule is O=C(O)C(c1ccccc1)N1CC2(CCCCCC2)C1. The lowest BCUT2D eigenvalue weighted by molar-refractivity contribution is -0.150. The quantitative estimate of drug-likeness (QED) is 0.916. The average Bonchev–Trinajstić information content (AvgIpc) is 2.65. The lowest BCUT2D eigenvalue weighted by Crippen LogP contribution is -2.58. The van der Waals surface area contributed by atoms with E-state index >= 15 is 0 Å². The lowest BCUT2D eigenvalue weighted by atomic mass is 9.72. The van der Waals surface area contributed by atoms with Crippen molar-refractivity contribution in [3.63, 3.8) is 0 Å². The van der Waals surface area contributed by atoms with Crippen LogP contribution in [0.4, 0.5) is 0 Å². The van der Waals surface area contributed by atoms with Crippen LogP contribution in [0.5, 0.6) is 0 Å². The molecule has 20 heavy (non-hydrogen) atoms. The maximum atomic E-state index is 11.6. The van der Waals surface area contributed by atoms with Crippen molar-refractivity contribution in [1.29, 1.82) is 0 Å². The highest BCUT2D eigenvalue weighted by atomic mass is 16.4. The van der Waals surface area contributed by atoms with Gasteiger partial charge in [-0.1, -0.05) is 56.0 Å². The van der Waals surface area contributed by atoms with Gasteiger partial charge >= 0.3 is 5.97 Å². The number of carboxylic acid groups (broad SMARTS) is 1. The highest BCUT2D eigenvalue weighted by molar-refractivity contribution is 5.75. The zero-order valence-electron chi connectivity index (χ0n) is 11.9.